The first kappa shape index (κ1) is 17.8. The minimum atomic E-state index is -0.152. The summed E-state index contributed by atoms with van der Waals surface area (Å²) < 4.78 is 5.45. The Kier molecular flexibility index (Phi) is 5.23. The van der Waals surface area contributed by atoms with E-state index in [9.17, 15) is 9.59 Å². The van der Waals surface area contributed by atoms with Crippen LogP contribution in [0.25, 0.3) is 0 Å². The molecule has 2 aromatic rings. The van der Waals surface area contributed by atoms with E-state index in [-0.39, 0.29) is 18.5 Å². The molecule has 140 valence electrons. The second-order valence-corrected chi connectivity index (χ2v) is 7.82. The number of ether oxygens (including phenoxy) is 1. The smallest absolute Gasteiger partial charge is 0.306 e. The quantitative estimate of drug-likeness (QED) is 0.750. The Morgan fingerprint density at radius 2 is 1.74 bits per heavy atom. The summed E-state index contributed by atoms with van der Waals surface area (Å²) in [6, 6.07) is 16.6. The van der Waals surface area contributed by atoms with Gasteiger partial charge in [0, 0.05) is 17.7 Å². The number of carbonyl (C=O) groups is 2. The number of hydrogen-bond acceptors (Lipinski definition) is 3. The number of amides is 1. The highest BCUT2D eigenvalue weighted by Gasteiger charge is 2.40. The number of nitrogens with one attached hydrogen (secondary N) is 1. The zero-order valence-corrected chi connectivity index (χ0v) is 15.4. The van der Waals surface area contributed by atoms with Gasteiger partial charge in [-0.15, -0.1) is 0 Å². The van der Waals surface area contributed by atoms with Crippen LogP contribution in [-0.2, 0) is 16.1 Å². The largest absolute Gasteiger partial charge is 0.461 e. The van der Waals surface area contributed by atoms with Crippen molar-refractivity contribution in [2.24, 2.45) is 17.8 Å². The lowest BCUT2D eigenvalue weighted by Crippen LogP contribution is -2.17. The van der Waals surface area contributed by atoms with Crippen LogP contribution in [0, 0.1) is 17.8 Å². The summed E-state index contributed by atoms with van der Waals surface area (Å²) >= 11 is 0. The molecule has 0 saturated heterocycles. The van der Waals surface area contributed by atoms with Crippen molar-refractivity contribution in [2.45, 2.75) is 38.7 Å². The maximum absolute atomic E-state index is 12.3. The van der Waals surface area contributed by atoms with Gasteiger partial charge in [-0.3, -0.25) is 9.59 Å². The van der Waals surface area contributed by atoms with E-state index in [0.717, 1.165) is 23.1 Å². The standard InChI is InChI=1S/C23H25NO3/c25-22(14-20-13-17-8-11-19(20)12-17)27-15-16-6-9-18(10-7-16)23(26)24-21-4-2-1-3-5-21/h1-7,9-10,17,19-20H,8,11-15H2,(H,24,26)/t17-,19-,20-/m1/s1. The highest BCUT2D eigenvalue weighted by Crippen LogP contribution is 2.49. The van der Waals surface area contributed by atoms with Crippen LogP contribution < -0.4 is 5.32 Å². The van der Waals surface area contributed by atoms with Crippen molar-refractivity contribution in [3.8, 4) is 0 Å². The molecule has 0 spiro atoms. The van der Waals surface area contributed by atoms with Crippen LogP contribution in [-0.4, -0.2) is 11.9 Å². The molecule has 0 heterocycles. The van der Waals surface area contributed by atoms with E-state index >= 15 is 0 Å². The number of hydrogen-bond donors (Lipinski definition) is 1. The van der Waals surface area contributed by atoms with E-state index in [1.165, 1.54) is 25.7 Å². The molecular weight excluding hydrogens is 338 g/mol. The minimum Gasteiger partial charge on any atom is -0.461 e. The molecule has 27 heavy (non-hydrogen) atoms. The van der Waals surface area contributed by atoms with Gasteiger partial charge in [0.15, 0.2) is 0 Å². The molecule has 2 bridgehead atoms. The van der Waals surface area contributed by atoms with Crippen molar-refractivity contribution < 1.29 is 14.3 Å². The third-order valence-electron chi connectivity index (χ3n) is 5.96. The Bertz CT molecular complexity index is 800. The predicted octanol–water partition coefficient (Wildman–Crippen LogP) is 4.81. The van der Waals surface area contributed by atoms with Crippen LogP contribution in [0.15, 0.2) is 54.6 Å². The lowest BCUT2D eigenvalue weighted by atomic mass is 9.86. The number of anilines is 1. The molecule has 2 aliphatic carbocycles. The number of carbonyl (C=O) groups excluding carboxylic acids is 2. The average molecular weight is 363 g/mol. The molecule has 4 nitrogen and oxygen atoms in total. The Balaban J connectivity index is 1.25. The fraction of sp³-hybridized carbons (Fsp3) is 0.391. The molecule has 4 rings (SSSR count). The number of esters is 1. The van der Waals surface area contributed by atoms with Crippen LogP contribution >= 0.6 is 0 Å². The van der Waals surface area contributed by atoms with Gasteiger partial charge in [-0.05, 0) is 66.8 Å². The van der Waals surface area contributed by atoms with Gasteiger partial charge in [-0.25, -0.2) is 0 Å². The first-order valence-electron chi connectivity index (χ1n) is 9.78. The normalized spacial score (nSPS) is 23.2. The molecule has 1 N–H and O–H groups in total. The van der Waals surface area contributed by atoms with Gasteiger partial charge in [0.25, 0.3) is 5.91 Å². The summed E-state index contributed by atoms with van der Waals surface area (Å²) in [4.78, 5) is 24.4. The summed E-state index contributed by atoms with van der Waals surface area (Å²) in [7, 11) is 0. The van der Waals surface area contributed by atoms with Gasteiger partial charge in [0.05, 0.1) is 0 Å². The number of rotatable bonds is 6. The summed E-state index contributed by atoms with van der Waals surface area (Å²) in [5.74, 6) is 1.87. The molecule has 0 aromatic heterocycles. The molecule has 2 saturated carbocycles. The lowest BCUT2D eigenvalue weighted by molar-refractivity contribution is -0.146. The van der Waals surface area contributed by atoms with Crippen molar-refractivity contribution in [1.29, 1.82) is 0 Å². The van der Waals surface area contributed by atoms with E-state index in [1.54, 1.807) is 12.1 Å². The van der Waals surface area contributed by atoms with Crippen LogP contribution in [0.4, 0.5) is 5.69 Å². The Morgan fingerprint density at radius 3 is 2.41 bits per heavy atom. The molecule has 0 unspecified atom stereocenters. The Labute approximate surface area is 159 Å². The highest BCUT2D eigenvalue weighted by atomic mass is 16.5. The molecule has 0 radical (unpaired) electrons. The predicted molar refractivity (Wildman–Crippen MR) is 104 cm³/mol. The Morgan fingerprint density at radius 1 is 0.963 bits per heavy atom. The number of para-hydroxylation sites is 1. The number of fused-ring (bicyclic) bond motifs is 2. The fourth-order valence-corrected chi connectivity index (χ4v) is 4.54. The second kappa shape index (κ2) is 7.95. The maximum atomic E-state index is 12.3. The van der Waals surface area contributed by atoms with Crippen molar-refractivity contribution >= 4 is 17.6 Å². The van der Waals surface area contributed by atoms with Gasteiger partial charge in [0.1, 0.15) is 6.61 Å². The minimum absolute atomic E-state index is 0.0987. The third-order valence-corrected chi connectivity index (χ3v) is 5.96. The molecule has 2 aromatic carbocycles. The average Bonchev–Trinajstić information content (AvgIpc) is 3.31. The van der Waals surface area contributed by atoms with Crippen LogP contribution in [0.3, 0.4) is 0 Å². The van der Waals surface area contributed by atoms with Gasteiger partial charge < -0.3 is 10.1 Å². The van der Waals surface area contributed by atoms with Crippen molar-refractivity contribution in [1.82, 2.24) is 0 Å². The van der Waals surface area contributed by atoms with Crippen molar-refractivity contribution in [3.63, 3.8) is 0 Å². The monoisotopic (exact) mass is 363 g/mol. The van der Waals surface area contributed by atoms with E-state index in [2.05, 4.69) is 5.32 Å². The molecule has 4 heteroatoms. The third kappa shape index (κ3) is 4.38. The van der Waals surface area contributed by atoms with Crippen molar-refractivity contribution in [3.05, 3.63) is 65.7 Å². The van der Waals surface area contributed by atoms with E-state index in [4.69, 9.17) is 4.74 Å². The topological polar surface area (TPSA) is 55.4 Å². The van der Waals surface area contributed by atoms with E-state index in [0.29, 0.717) is 17.9 Å². The summed E-state index contributed by atoms with van der Waals surface area (Å²) in [6.45, 7) is 0.264. The molecule has 2 fully saturated rings. The lowest BCUT2D eigenvalue weighted by Gasteiger charge is -2.20. The van der Waals surface area contributed by atoms with Crippen LogP contribution in [0.2, 0.25) is 0 Å². The first-order valence-corrected chi connectivity index (χ1v) is 9.78. The van der Waals surface area contributed by atoms with Gasteiger partial charge in [-0.1, -0.05) is 36.8 Å². The molecule has 1 amide bonds. The van der Waals surface area contributed by atoms with E-state index < -0.39 is 0 Å². The Hall–Kier alpha value is -2.62. The molecule has 3 atom stereocenters. The van der Waals surface area contributed by atoms with Crippen molar-refractivity contribution in [2.75, 3.05) is 5.32 Å². The number of benzene rings is 2. The first-order chi connectivity index (χ1) is 13.2. The molecule has 0 aliphatic heterocycles. The second-order valence-electron chi connectivity index (χ2n) is 7.82. The summed E-state index contributed by atoms with van der Waals surface area (Å²) in [6.07, 6.45) is 5.70. The summed E-state index contributed by atoms with van der Waals surface area (Å²) in [5.41, 5.74) is 2.24. The zero-order valence-electron chi connectivity index (χ0n) is 15.4. The SMILES string of the molecule is O=C(C[C@H]1C[C@@H]2CC[C@@H]1C2)OCc1ccc(C(=O)Nc2ccccc2)cc1. The van der Waals surface area contributed by atoms with E-state index in [1.807, 2.05) is 42.5 Å². The van der Waals surface area contributed by atoms with Crippen LogP contribution in [0.1, 0.15) is 48.0 Å². The summed E-state index contributed by atoms with van der Waals surface area (Å²) in [5, 5.41) is 2.86. The van der Waals surface area contributed by atoms with Crippen LogP contribution in [0.5, 0.6) is 0 Å². The van der Waals surface area contributed by atoms with Gasteiger partial charge >= 0.3 is 5.97 Å². The highest BCUT2D eigenvalue weighted by molar-refractivity contribution is 6.04. The zero-order chi connectivity index (χ0) is 18.6. The van der Waals surface area contributed by atoms with Gasteiger partial charge in [-0.2, -0.15) is 0 Å². The van der Waals surface area contributed by atoms with Gasteiger partial charge in [0.2, 0.25) is 0 Å². The molecule has 2 aliphatic rings. The maximum Gasteiger partial charge on any atom is 0.306 e. The fourth-order valence-electron chi connectivity index (χ4n) is 4.54. The molecular formula is C23H25NO3.